The Labute approximate surface area is 92.1 Å². The predicted octanol–water partition coefficient (Wildman–Crippen LogP) is 0.695. The van der Waals surface area contributed by atoms with E-state index in [4.69, 9.17) is 4.74 Å². The highest BCUT2D eigenvalue weighted by atomic mass is 16.5. The van der Waals surface area contributed by atoms with Gasteiger partial charge in [-0.25, -0.2) is 0 Å². The third-order valence-electron chi connectivity index (χ3n) is 1.75. The summed E-state index contributed by atoms with van der Waals surface area (Å²) in [7, 11) is 0. The first-order valence-corrected chi connectivity index (χ1v) is 5.47. The molecule has 0 bridgehead atoms. The number of ether oxygens (including phenoxy) is 1. The second-order valence-corrected chi connectivity index (χ2v) is 3.22. The molecule has 0 aromatic rings. The Morgan fingerprint density at radius 1 is 1.40 bits per heavy atom. The van der Waals surface area contributed by atoms with E-state index in [2.05, 4.69) is 24.1 Å². The van der Waals surface area contributed by atoms with Gasteiger partial charge in [0.2, 0.25) is 5.91 Å². The van der Waals surface area contributed by atoms with Gasteiger partial charge in [0.15, 0.2) is 0 Å². The highest BCUT2D eigenvalue weighted by molar-refractivity contribution is 5.77. The largest absolute Gasteiger partial charge is 0.379 e. The molecule has 0 fully saturated rings. The summed E-state index contributed by atoms with van der Waals surface area (Å²) in [5.41, 5.74) is 0. The van der Waals surface area contributed by atoms with Gasteiger partial charge in [-0.1, -0.05) is 13.0 Å². The van der Waals surface area contributed by atoms with Crippen LogP contribution in [0, 0.1) is 0 Å². The van der Waals surface area contributed by atoms with Crippen LogP contribution in [0.3, 0.4) is 0 Å². The van der Waals surface area contributed by atoms with Gasteiger partial charge in [0, 0.05) is 6.54 Å². The maximum atomic E-state index is 11.2. The lowest BCUT2D eigenvalue weighted by Crippen LogP contribution is -2.35. The van der Waals surface area contributed by atoms with Crippen molar-refractivity contribution in [1.29, 1.82) is 0 Å². The van der Waals surface area contributed by atoms with E-state index in [-0.39, 0.29) is 5.91 Å². The number of rotatable bonds is 10. The van der Waals surface area contributed by atoms with Crippen LogP contribution in [0.4, 0.5) is 0 Å². The zero-order chi connectivity index (χ0) is 11.4. The molecule has 0 aromatic heterocycles. The van der Waals surface area contributed by atoms with Gasteiger partial charge >= 0.3 is 0 Å². The standard InChI is InChI=1S/C11H22N2O2/c1-3-5-8-15-9-7-13-11(14)10-12-6-4-2/h3,12H,1,4-10H2,2H3,(H,13,14). The fourth-order valence-corrected chi connectivity index (χ4v) is 0.973. The van der Waals surface area contributed by atoms with Crippen molar-refractivity contribution in [3.8, 4) is 0 Å². The molecule has 4 nitrogen and oxygen atoms in total. The van der Waals surface area contributed by atoms with Gasteiger partial charge in [-0.15, -0.1) is 6.58 Å². The van der Waals surface area contributed by atoms with E-state index < -0.39 is 0 Å². The smallest absolute Gasteiger partial charge is 0.234 e. The van der Waals surface area contributed by atoms with Crippen molar-refractivity contribution >= 4 is 5.91 Å². The van der Waals surface area contributed by atoms with Gasteiger partial charge in [0.05, 0.1) is 19.8 Å². The summed E-state index contributed by atoms with van der Waals surface area (Å²) < 4.78 is 5.24. The van der Waals surface area contributed by atoms with E-state index in [9.17, 15) is 4.79 Å². The monoisotopic (exact) mass is 214 g/mol. The average Bonchev–Trinajstić information content (AvgIpc) is 2.23. The van der Waals surface area contributed by atoms with Crippen LogP contribution in [-0.2, 0) is 9.53 Å². The molecule has 0 aliphatic carbocycles. The first-order chi connectivity index (χ1) is 7.31. The van der Waals surface area contributed by atoms with Gasteiger partial charge in [0.25, 0.3) is 0 Å². The van der Waals surface area contributed by atoms with E-state index in [1.165, 1.54) is 0 Å². The third-order valence-corrected chi connectivity index (χ3v) is 1.75. The average molecular weight is 214 g/mol. The molecule has 0 unspecified atom stereocenters. The van der Waals surface area contributed by atoms with Crippen LogP contribution in [0.5, 0.6) is 0 Å². The molecule has 4 heteroatoms. The topological polar surface area (TPSA) is 50.4 Å². The van der Waals surface area contributed by atoms with E-state index in [1.807, 2.05) is 6.08 Å². The molecule has 0 saturated heterocycles. The van der Waals surface area contributed by atoms with Crippen LogP contribution >= 0.6 is 0 Å². The molecule has 0 saturated carbocycles. The molecule has 0 atom stereocenters. The Bertz CT molecular complexity index is 172. The van der Waals surface area contributed by atoms with Crippen molar-refractivity contribution in [2.75, 3.05) is 32.8 Å². The Kier molecular flexibility index (Phi) is 10.6. The second kappa shape index (κ2) is 11.2. The van der Waals surface area contributed by atoms with Crippen molar-refractivity contribution in [3.63, 3.8) is 0 Å². The van der Waals surface area contributed by atoms with Crippen LogP contribution in [0.25, 0.3) is 0 Å². The fraction of sp³-hybridized carbons (Fsp3) is 0.727. The minimum atomic E-state index is 0.0239. The summed E-state index contributed by atoms with van der Waals surface area (Å²) in [6, 6.07) is 0. The van der Waals surface area contributed by atoms with Crippen LogP contribution in [0.1, 0.15) is 19.8 Å². The number of amides is 1. The van der Waals surface area contributed by atoms with Crippen molar-refractivity contribution in [1.82, 2.24) is 10.6 Å². The highest BCUT2D eigenvalue weighted by Gasteiger charge is 1.97. The van der Waals surface area contributed by atoms with Gasteiger partial charge in [0.1, 0.15) is 0 Å². The summed E-state index contributed by atoms with van der Waals surface area (Å²) in [5.74, 6) is 0.0239. The minimum Gasteiger partial charge on any atom is -0.379 e. The van der Waals surface area contributed by atoms with Crippen LogP contribution in [0.15, 0.2) is 12.7 Å². The number of carbonyl (C=O) groups is 1. The highest BCUT2D eigenvalue weighted by Crippen LogP contribution is 1.81. The molecule has 0 radical (unpaired) electrons. The first kappa shape index (κ1) is 14.1. The number of hydrogen-bond acceptors (Lipinski definition) is 3. The van der Waals surface area contributed by atoms with E-state index >= 15 is 0 Å². The van der Waals surface area contributed by atoms with Gasteiger partial charge in [-0.3, -0.25) is 4.79 Å². The molecule has 88 valence electrons. The molecule has 0 heterocycles. The molecule has 0 spiro atoms. The Morgan fingerprint density at radius 2 is 2.20 bits per heavy atom. The van der Waals surface area contributed by atoms with Crippen LogP contribution in [0.2, 0.25) is 0 Å². The third kappa shape index (κ3) is 11.1. The van der Waals surface area contributed by atoms with E-state index in [0.717, 1.165) is 19.4 Å². The lowest BCUT2D eigenvalue weighted by molar-refractivity contribution is -0.120. The summed E-state index contributed by atoms with van der Waals surface area (Å²) in [6.45, 7) is 8.74. The molecule has 1 amide bonds. The van der Waals surface area contributed by atoms with E-state index in [1.54, 1.807) is 0 Å². The van der Waals surface area contributed by atoms with Crippen LogP contribution < -0.4 is 10.6 Å². The second-order valence-electron chi connectivity index (χ2n) is 3.22. The SMILES string of the molecule is C=CCCOCCNC(=O)CNCCC. The lowest BCUT2D eigenvalue weighted by atomic mass is 10.4. The van der Waals surface area contributed by atoms with Crippen molar-refractivity contribution in [2.24, 2.45) is 0 Å². The molecule has 0 rings (SSSR count). The molecule has 2 N–H and O–H groups in total. The number of carbonyl (C=O) groups excluding carboxylic acids is 1. The maximum Gasteiger partial charge on any atom is 0.234 e. The zero-order valence-electron chi connectivity index (χ0n) is 9.55. The molecular weight excluding hydrogens is 192 g/mol. The van der Waals surface area contributed by atoms with E-state index in [0.29, 0.717) is 26.3 Å². The molecule has 0 aromatic carbocycles. The Morgan fingerprint density at radius 3 is 2.87 bits per heavy atom. The van der Waals surface area contributed by atoms with Gasteiger partial charge in [-0.2, -0.15) is 0 Å². The number of nitrogens with one attached hydrogen (secondary N) is 2. The van der Waals surface area contributed by atoms with Crippen molar-refractivity contribution in [2.45, 2.75) is 19.8 Å². The normalized spacial score (nSPS) is 9.93. The maximum absolute atomic E-state index is 11.2. The summed E-state index contributed by atoms with van der Waals surface area (Å²) in [6.07, 6.45) is 3.71. The predicted molar refractivity (Wildman–Crippen MR) is 61.8 cm³/mol. The van der Waals surface area contributed by atoms with Gasteiger partial charge in [-0.05, 0) is 19.4 Å². The van der Waals surface area contributed by atoms with Crippen LogP contribution in [-0.4, -0.2) is 38.8 Å². The molecule has 15 heavy (non-hydrogen) atoms. The molecule has 0 aliphatic rings. The van der Waals surface area contributed by atoms with Crippen molar-refractivity contribution < 1.29 is 9.53 Å². The number of hydrogen-bond donors (Lipinski definition) is 2. The molecular formula is C11H22N2O2. The summed E-state index contributed by atoms with van der Waals surface area (Å²) in [5, 5.41) is 5.80. The Hall–Kier alpha value is -0.870. The summed E-state index contributed by atoms with van der Waals surface area (Å²) >= 11 is 0. The minimum absolute atomic E-state index is 0.0239. The lowest BCUT2D eigenvalue weighted by Gasteiger charge is -2.06. The Balaban J connectivity index is 3.13. The first-order valence-electron chi connectivity index (χ1n) is 5.47. The van der Waals surface area contributed by atoms with Crippen molar-refractivity contribution in [3.05, 3.63) is 12.7 Å². The van der Waals surface area contributed by atoms with Gasteiger partial charge < -0.3 is 15.4 Å². The zero-order valence-corrected chi connectivity index (χ0v) is 9.55. The molecule has 0 aliphatic heterocycles. The summed E-state index contributed by atoms with van der Waals surface area (Å²) in [4.78, 5) is 11.2. The fourth-order valence-electron chi connectivity index (χ4n) is 0.973. The quantitative estimate of drug-likeness (QED) is 0.415.